The molecule has 0 aromatic heterocycles. The van der Waals surface area contributed by atoms with Crippen molar-refractivity contribution in [2.75, 3.05) is 6.54 Å². The van der Waals surface area contributed by atoms with Crippen LogP contribution in [0.4, 0.5) is 4.39 Å². The van der Waals surface area contributed by atoms with E-state index in [9.17, 15) is 14.3 Å². The quantitative estimate of drug-likeness (QED) is 0.867. The molecule has 1 aliphatic carbocycles. The van der Waals surface area contributed by atoms with E-state index >= 15 is 0 Å². The Bertz CT molecular complexity index is 535. The van der Waals surface area contributed by atoms with Crippen LogP contribution in [-0.2, 0) is 0 Å². The van der Waals surface area contributed by atoms with Gasteiger partial charge in [0.15, 0.2) is 0 Å². The molecule has 116 valence electrons. The molecule has 0 aliphatic heterocycles. The van der Waals surface area contributed by atoms with Gasteiger partial charge in [0.25, 0.3) is 5.91 Å². The van der Waals surface area contributed by atoms with Crippen LogP contribution in [0.5, 0.6) is 0 Å². The predicted molar refractivity (Wildman–Crippen MR) is 83.6 cm³/mol. The molecule has 2 rings (SSSR count). The molecule has 3 nitrogen and oxygen atoms in total. The lowest BCUT2D eigenvalue weighted by molar-refractivity contribution is -0.0233. The second-order valence-electron chi connectivity index (χ2n) is 6.70. The van der Waals surface area contributed by atoms with Gasteiger partial charge in [0.05, 0.1) is 11.2 Å². The summed E-state index contributed by atoms with van der Waals surface area (Å²) in [6, 6.07) is 4.23. The number of hydrogen-bond acceptors (Lipinski definition) is 2. The summed E-state index contributed by atoms with van der Waals surface area (Å²) in [6.45, 7) is 4.53. The summed E-state index contributed by atoms with van der Waals surface area (Å²) in [5.74, 6) is -1.06. The minimum Gasteiger partial charge on any atom is -0.388 e. The molecule has 0 atom stereocenters. The van der Waals surface area contributed by atoms with Crippen molar-refractivity contribution in [2.24, 2.45) is 5.41 Å². The third-order valence-corrected chi connectivity index (χ3v) is 4.78. The summed E-state index contributed by atoms with van der Waals surface area (Å²) in [6.07, 6.45) is 3.15. The topological polar surface area (TPSA) is 49.3 Å². The third kappa shape index (κ3) is 4.27. The summed E-state index contributed by atoms with van der Waals surface area (Å²) < 4.78 is 14.3. The fourth-order valence-corrected chi connectivity index (χ4v) is 2.94. The Morgan fingerprint density at radius 1 is 1.33 bits per heavy atom. The van der Waals surface area contributed by atoms with Crippen LogP contribution < -0.4 is 5.32 Å². The maximum Gasteiger partial charge on any atom is 0.254 e. The Hall–Kier alpha value is -0.940. The van der Waals surface area contributed by atoms with Crippen LogP contribution in [0.2, 0.25) is 0 Å². The van der Waals surface area contributed by atoms with Crippen molar-refractivity contribution in [3.63, 3.8) is 0 Å². The van der Waals surface area contributed by atoms with E-state index in [4.69, 9.17) is 0 Å². The van der Waals surface area contributed by atoms with Gasteiger partial charge in [-0.15, -0.1) is 0 Å². The van der Waals surface area contributed by atoms with Crippen LogP contribution >= 0.6 is 15.9 Å². The first-order valence-corrected chi connectivity index (χ1v) is 7.96. The number of aliphatic hydroxyl groups is 1. The molecule has 0 radical (unpaired) electrons. The number of nitrogens with one attached hydrogen (secondary N) is 1. The van der Waals surface area contributed by atoms with E-state index in [2.05, 4.69) is 35.1 Å². The lowest BCUT2D eigenvalue weighted by atomic mass is 9.71. The molecule has 5 heteroatoms. The maximum atomic E-state index is 13.6. The fraction of sp³-hybridized carbons (Fsp3) is 0.562. The minimum atomic E-state index is -0.881. The summed E-state index contributed by atoms with van der Waals surface area (Å²) in [5, 5.41) is 13.2. The zero-order valence-electron chi connectivity index (χ0n) is 12.4. The van der Waals surface area contributed by atoms with E-state index in [-0.39, 0.29) is 17.5 Å². The SMILES string of the molecule is CC1(C)CCC(O)(CNC(=O)c2cc(Br)ccc2F)CC1. The van der Waals surface area contributed by atoms with Gasteiger partial charge < -0.3 is 10.4 Å². The average Bonchev–Trinajstić information content (AvgIpc) is 2.43. The van der Waals surface area contributed by atoms with Crippen LogP contribution in [0.15, 0.2) is 22.7 Å². The smallest absolute Gasteiger partial charge is 0.254 e. The number of rotatable bonds is 3. The largest absolute Gasteiger partial charge is 0.388 e. The third-order valence-electron chi connectivity index (χ3n) is 4.29. The van der Waals surface area contributed by atoms with E-state index < -0.39 is 17.3 Å². The lowest BCUT2D eigenvalue weighted by Crippen LogP contribution is -2.46. The molecule has 0 unspecified atom stereocenters. The highest BCUT2D eigenvalue weighted by Gasteiger charge is 2.36. The first-order chi connectivity index (χ1) is 9.71. The van der Waals surface area contributed by atoms with Gasteiger partial charge in [0, 0.05) is 11.0 Å². The lowest BCUT2D eigenvalue weighted by Gasteiger charge is -2.40. The standard InChI is InChI=1S/C16H21BrFNO2/c1-15(2)5-7-16(21,8-6-15)10-19-14(20)12-9-11(17)3-4-13(12)18/h3-4,9,21H,5-8,10H2,1-2H3,(H,19,20). The highest BCUT2D eigenvalue weighted by Crippen LogP contribution is 2.39. The minimum absolute atomic E-state index is 0.0101. The van der Waals surface area contributed by atoms with Crippen molar-refractivity contribution in [1.82, 2.24) is 5.32 Å². The Labute approximate surface area is 133 Å². The van der Waals surface area contributed by atoms with Gasteiger partial charge in [-0.25, -0.2) is 4.39 Å². The van der Waals surface area contributed by atoms with Crippen molar-refractivity contribution < 1.29 is 14.3 Å². The van der Waals surface area contributed by atoms with Crippen molar-refractivity contribution in [3.8, 4) is 0 Å². The highest BCUT2D eigenvalue weighted by atomic mass is 79.9. The summed E-state index contributed by atoms with van der Waals surface area (Å²) in [7, 11) is 0. The van der Waals surface area contributed by atoms with Gasteiger partial charge in [-0.05, 0) is 49.3 Å². The zero-order valence-corrected chi connectivity index (χ0v) is 14.0. The molecule has 0 heterocycles. The molecule has 0 saturated heterocycles. The predicted octanol–water partition coefficient (Wildman–Crippen LogP) is 3.65. The van der Waals surface area contributed by atoms with Gasteiger partial charge in [-0.1, -0.05) is 29.8 Å². The van der Waals surface area contributed by atoms with Crippen LogP contribution in [-0.4, -0.2) is 23.2 Å². The molecule has 1 aromatic carbocycles. The average molecular weight is 358 g/mol. The first-order valence-electron chi connectivity index (χ1n) is 7.17. The molecule has 1 saturated carbocycles. The molecule has 2 N–H and O–H groups in total. The Morgan fingerprint density at radius 2 is 1.95 bits per heavy atom. The van der Waals surface area contributed by atoms with E-state index in [0.29, 0.717) is 17.3 Å². The number of hydrogen-bond donors (Lipinski definition) is 2. The number of benzene rings is 1. The maximum absolute atomic E-state index is 13.6. The van der Waals surface area contributed by atoms with Gasteiger partial charge >= 0.3 is 0 Å². The van der Waals surface area contributed by atoms with Gasteiger partial charge in [0.2, 0.25) is 0 Å². The van der Waals surface area contributed by atoms with Crippen molar-refractivity contribution in [3.05, 3.63) is 34.1 Å². The van der Waals surface area contributed by atoms with Crippen molar-refractivity contribution >= 4 is 21.8 Å². The Morgan fingerprint density at radius 3 is 2.57 bits per heavy atom. The molecule has 1 fully saturated rings. The van der Waals surface area contributed by atoms with Crippen LogP contribution in [0.3, 0.4) is 0 Å². The Kier molecular flexibility index (Phi) is 4.73. The van der Waals surface area contributed by atoms with Gasteiger partial charge in [0.1, 0.15) is 5.82 Å². The number of carbonyl (C=O) groups excluding carboxylic acids is 1. The number of carbonyl (C=O) groups is 1. The molecular formula is C16H21BrFNO2. The molecule has 1 aliphatic rings. The number of halogens is 2. The monoisotopic (exact) mass is 357 g/mol. The molecule has 0 bridgehead atoms. The molecule has 21 heavy (non-hydrogen) atoms. The van der Waals surface area contributed by atoms with E-state index in [1.807, 2.05) is 0 Å². The zero-order chi connectivity index (χ0) is 15.7. The summed E-state index contributed by atoms with van der Waals surface area (Å²) in [5.41, 5.74) is -0.649. The van der Waals surface area contributed by atoms with Crippen LogP contribution in [0, 0.1) is 11.2 Å². The van der Waals surface area contributed by atoms with Crippen LogP contribution in [0.1, 0.15) is 49.9 Å². The Balaban J connectivity index is 1.97. The second-order valence-corrected chi connectivity index (χ2v) is 7.61. The molecular weight excluding hydrogens is 337 g/mol. The molecule has 1 amide bonds. The van der Waals surface area contributed by atoms with Crippen LogP contribution in [0.25, 0.3) is 0 Å². The van der Waals surface area contributed by atoms with Crippen molar-refractivity contribution in [2.45, 2.75) is 45.1 Å². The van der Waals surface area contributed by atoms with E-state index in [1.54, 1.807) is 6.07 Å². The summed E-state index contributed by atoms with van der Waals surface area (Å²) in [4.78, 5) is 12.0. The highest BCUT2D eigenvalue weighted by molar-refractivity contribution is 9.10. The van der Waals surface area contributed by atoms with E-state index in [1.165, 1.54) is 12.1 Å². The second kappa shape index (κ2) is 6.05. The molecule has 1 aromatic rings. The normalized spacial score (nSPS) is 20.0. The van der Waals surface area contributed by atoms with Gasteiger partial charge in [-0.3, -0.25) is 4.79 Å². The van der Waals surface area contributed by atoms with Crippen molar-refractivity contribution in [1.29, 1.82) is 0 Å². The number of amides is 1. The first kappa shape index (κ1) is 16.4. The fourth-order valence-electron chi connectivity index (χ4n) is 2.58. The van der Waals surface area contributed by atoms with E-state index in [0.717, 1.165) is 12.8 Å². The summed E-state index contributed by atoms with van der Waals surface area (Å²) >= 11 is 3.22. The van der Waals surface area contributed by atoms with Gasteiger partial charge in [-0.2, -0.15) is 0 Å². The molecule has 0 spiro atoms.